The molecule has 0 heterocycles. The summed E-state index contributed by atoms with van der Waals surface area (Å²) < 4.78 is 27.6. The fourth-order valence-electron chi connectivity index (χ4n) is 1.11. The van der Waals surface area contributed by atoms with Gasteiger partial charge in [0, 0.05) is 0 Å². The standard InChI is InChI=1S/C8H12N2O3S/c1-6-5-7(13-2)3-4-8(6)14(11,12)10-9/h3-5,10H,9H2,1-2H3. The Bertz CT molecular complexity index is 428. The van der Waals surface area contributed by atoms with Crippen molar-refractivity contribution in [1.82, 2.24) is 4.83 Å². The molecule has 0 fully saturated rings. The van der Waals surface area contributed by atoms with Crippen molar-refractivity contribution >= 4 is 10.0 Å². The topological polar surface area (TPSA) is 81.4 Å². The predicted octanol–water partition coefficient (Wildman–Crippen LogP) is 0.156. The summed E-state index contributed by atoms with van der Waals surface area (Å²) in [5.74, 6) is 5.52. The van der Waals surface area contributed by atoms with E-state index in [1.807, 2.05) is 0 Å². The molecule has 0 aromatic heterocycles. The van der Waals surface area contributed by atoms with E-state index in [1.165, 1.54) is 13.2 Å². The van der Waals surface area contributed by atoms with Crippen LogP contribution in [0, 0.1) is 6.92 Å². The predicted molar refractivity (Wildman–Crippen MR) is 52.2 cm³/mol. The number of hydrogen-bond donors (Lipinski definition) is 2. The highest BCUT2D eigenvalue weighted by Gasteiger charge is 2.14. The van der Waals surface area contributed by atoms with Crippen molar-refractivity contribution in [2.24, 2.45) is 5.84 Å². The van der Waals surface area contributed by atoms with Crippen LogP contribution in [0.15, 0.2) is 23.1 Å². The summed E-state index contributed by atoms with van der Waals surface area (Å²) in [4.78, 5) is 1.92. The summed E-state index contributed by atoms with van der Waals surface area (Å²) in [5.41, 5.74) is 0.585. The van der Waals surface area contributed by atoms with E-state index in [9.17, 15) is 8.42 Å². The molecular weight excluding hydrogens is 204 g/mol. The zero-order chi connectivity index (χ0) is 10.8. The van der Waals surface area contributed by atoms with E-state index in [2.05, 4.69) is 0 Å². The van der Waals surface area contributed by atoms with Crippen molar-refractivity contribution in [3.8, 4) is 5.75 Å². The van der Waals surface area contributed by atoms with Gasteiger partial charge in [0.2, 0.25) is 0 Å². The van der Waals surface area contributed by atoms with Gasteiger partial charge in [-0.15, -0.1) is 0 Å². The highest BCUT2D eigenvalue weighted by Crippen LogP contribution is 2.20. The minimum Gasteiger partial charge on any atom is -0.497 e. The summed E-state index contributed by atoms with van der Waals surface area (Å²) in [6.45, 7) is 1.67. The molecular formula is C8H12N2O3S. The summed E-state index contributed by atoms with van der Waals surface area (Å²) in [6, 6.07) is 4.64. The number of rotatable bonds is 3. The quantitative estimate of drug-likeness (QED) is 0.557. The lowest BCUT2D eigenvalue weighted by molar-refractivity contribution is 0.414. The molecule has 0 atom stereocenters. The Hall–Kier alpha value is -1.11. The van der Waals surface area contributed by atoms with Gasteiger partial charge < -0.3 is 4.74 Å². The van der Waals surface area contributed by atoms with Gasteiger partial charge in [-0.1, -0.05) is 0 Å². The maximum atomic E-state index is 11.3. The van der Waals surface area contributed by atoms with Gasteiger partial charge in [-0.05, 0) is 30.7 Å². The smallest absolute Gasteiger partial charge is 0.253 e. The summed E-state index contributed by atoms with van der Waals surface area (Å²) in [5, 5.41) is 0. The highest BCUT2D eigenvalue weighted by atomic mass is 32.2. The molecule has 0 radical (unpaired) electrons. The number of sulfonamides is 1. The Kier molecular flexibility index (Phi) is 3.10. The lowest BCUT2D eigenvalue weighted by Gasteiger charge is -2.07. The maximum Gasteiger partial charge on any atom is 0.253 e. The first-order chi connectivity index (χ1) is 6.51. The summed E-state index contributed by atoms with van der Waals surface area (Å²) in [6.07, 6.45) is 0. The first-order valence-electron chi connectivity index (χ1n) is 3.88. The van der Waals surface area contributed by atoms with Crippen LogP contribution in [0.2, 0.25) is 0 Å². The van der Waals surface area contributed by atoms with Crippen molar-refractivity contribution in [3.63, 3.8) is 0 Å². The minimum absolute atomic E-state index is 0.154. The number of methoxy groups -OCH3 is 1. The molecule has 5 nitrogen and oxygen atoms in total. The van der Waals surface area contributed by atoms with Crippen LogP contribution < -0.4 is 15.4 Å². The Labute approximate surface area is 82.9 Å². The molecule has 0 aliphatic carbocycles. The van der Waals surface area contributed by atoms with E-state index in [0.29, 0.717) is 11.3 Å². The molecule has 1 aromatic carbocycles. The molecule has 0 unspecified atom stereocenters. The molecule has 1 aromatic rings. The van der Waals surface area contributed by atoms with Crippen LogP contribution in [-0.2, 0) is 10.0 Å². The second-order valence-electron chi connectivity index (χ2n) is 2.75. The molecule has 3 N–H and O–H groups in total. The molecule has 0 aliphatic heterocycles. The monoisotopic (exact) mass is 216 g/mol. The molecule has 0 saturated carbocycles. The van der Waals surface area contributed by atoms with Crippen LogP contribution in [-0.4, -0.2) is 15.5 Å². The van der Waals surface area contributed by atoms with Gasteiger partial charge in [0.25, 0.3) is 10.0 Å². The van der Waals surface area contributed by atoms with Gasteiger partial charge in [0.05, 0.1) is 12.0 Å². The SMILES string of the molecule is COc1ccc(S(=O)(=O)NN)c(C)c1. The zero-order valence-corrected chi connectivity index (χ0v) is 8.76. The van der Waals surface area contributed by atoms with Crippen LogP contribution in [0.25, 0.3) is 0 Å². The van der Waals surface area contributed by atoms with Crippen molar-refractivity contribution in [1.29, 1.82) is 0 Å². The van der Waals surface area contributed by atoms with Gasteiger partial charge >= 0.3 is 0 Å². The second-order valence-corrected chi connectivity index (χ2v) is 4.44. The van der Waals surface area contributed by atoms with Gasteiger partial charge in [-0.3, -0.25) is 5.84 Å². The van der Waals surface area contributed by atoms with E-state index < -0.39 is 10.0 Å². The fraction of sp³-hybridized carbons (Fsp3) is 0.250. The lowest BCUT2D eigenvalue weighted by atomic mass is 10.2. The molecule has 0 aliphatic rings. The Morgan fingerprint density at radius 3 is 2.50 bits per heavy atom. The second kappa shape index (κ2) is 3.95. The van der Waals surface area contributed by atoms with Crippen molar-refractivity contribution in [2.75, 3.05) is 7.11 Å². The molecule has 14 heavy (non-hydrogen) atoms. The number of nitrogens with one attached hydrogen (secondary N) is 1. The van der Waals surface area contributed by atoms with Crippen LogP contribution >= 0.6 is 0 Å². The molecule has 0 saturated heterocycles. The van der Waals surface area contributed by atoms with Gasteiger partial charge in [-0.2, -0.15) is 4.83 Å². The number of benzene rings is 1. The van der Waals surface area contributed by atoms with E-state index in [-0.39, 0.29) is 4.90 Å². The minimum atomic E-state index is -3.58. The van der Waals surface area contributed by atoms with Gasteiger partial charge in [-0.25, -0.2) is 8.42 Å². The summed E-state index contributed by atoms with van der Waals surface area (Å²) in [7, 11) is -2.06. The molecule has 78 valence electrons. The van der Waals surface area contributed by atoms with Crippen LogP contribution in [0.1, 0.15) is 5.56 Å². The van der Waals surface area contributed by atoms with E-state index >= 15 is 0 Å². The first kappa shape index (κ1) is 11.0. The molecule has 6 heteroatoms. The number of ether oxygens (including phenoxy) is 1. The molecule has 0 amide bonds. The van der Waals surface area contributed by atoms with E-state index in [1.54, 1.807) is 23.9 Å². The van der Waals surface area contributed by atoms with Crippen molar-refractivity contribution < 1.29 is 13.2 Å². The first-order valence-corrected chi connectivity index (χ1v) is 5.36. The third-order valence-electron chi connectivity index (χ3n) is 1.83. The fourth-order valence-corrected chi connectivity index (χ4v) is 1.97. The average Bonchev–Trinajstić information content (AvgIpc) is 2.17. The Morgan fingerprint density at radius 1 is 1.43 bits per heavy atom. The largest absolute Gasteiger partial charge is 0.497 e. The lowest BCUT2D eigenvalue weighted by Crippen LogP contribution is -2.30. The van der Waals surface area contributed by atoms with Gasteiger partial charge in [0.15, 0.2) is 0 Å². The van der Waals surface area contributed by atoms with Crippen LogP contribution in [0.5, 0.6) is 5.75 Å². The van der Waals surface area contributed by atoms with Crippen LogP contribution in [0.4, 0.5) is 0 Å². The molecule has 1 rings (SSSR count). The normalized spacial score (nSPS) is 11.4. The maximum absolute atomic E-state index is 11.3. The molecule has 0 spiro atoms. The number of hydrogen-bond acceptors (Lipinski definition) is 4. The van der Waals surface area contributed by atoms with Crippen molar-refractivity contribution in [3.05, 3.63) is 23.8 Å². The molecule has 0 bridgehead atoms. The third-order valence-corrected chi connectivity index (χ3v) is 3.17. The van der Waals surface area contributed by atoms with E-state index in [0.717, 1.165) is 0 Å². The van der Waals surface area contributed by atoms with Crippen LogP contribution in [0.3, 0.4) is 0 Å². The number of aryl methyl sites for hydroxylation is 1. The highest BCUT2D eigenvalue weighted by molar-refractivity contribution is 7.89. The third kappa shape index (κ3) is 2.03. The van der Waals surface area contributed by atoms with Gasteiger partial charge in [0.1, 0.15) is 5.75 Å². The number of hydrazine groups is 1. The number of nitrogens with two attached hydrogens (primary N) is 1. The van der Waals surface area contributed by atoms with E-state index in [4.69, 9.17) is 10.6 Å². The average molecular weight is 216 g/mol. The summed E-state index contributed by atoms with van der Waals surface area (Å²) >= 11 is 0. The zero-order valence-electron chi connectivity index (χ0n) is 7.94. The van der Waals surface area contributed by atoms with Crippen molar-refractivity contribution in [2.45, 2.75) is 11.8 Å². The Balaban J connectivity index is 3.26. The Morgan fingerprint density at radius 2 is 2.07 bits per heavy atom.